The molecule has 0 spiro atoms. The van der Waals surface area contributed by atoms with E-state index in [1.807, 2.05) is 6.07 Å². The molecule has 1 aliphatic carbocycles. The number of rotatable bonds is 2. The summed E-state index contributed by atoms with van der Waals surface area (Å²) in [6.45, 7) is 0. The minimum atomic E-state index is 0. The number of hydrogen-bond acceptors (Lipinski definition) is 1. The van der Waals surface area contributed by atoms with E-state index in [0.29, 0.717) is 5.88 Å². The van der Waals surface area contributed by atoms with Gasteiger partial charge in [0.25, 0.3) is 0 Å². The van der Waals surface area contributed by atoms with Gasteiger partial charge in [0.2, 0.25) is 0 Å². The fourth-order valence-electron chi connectivity index (χ4n) is 1.86. The maximum atomic E-state index is 5.77. The van der Waals surface area contributed by atoms with E-state index in [-0.39, 0.29) is 12.4 Å². The van der Waals surface area contributed by atoms with Crippen molar-refractivity contribution in [2.75, 3.05) is 0 Å². The van der Waals surface area contributed by atoms with Crippen molar-refractivity contribution in [3.63, 3.8) is 0 Å². The molecule has 0 saturated heterocycles. The van der Waals surface area contributed by atoms with E-state index in [4.69, 9.17) is 11.6 Å². The van der Waals surface area contributed by atoms with E-state index in [0.717, 1.165) is 17.3 Å². The monoisotopic (exact) mass is 242 g/mol. The normalized spacial score (nSPS) is 15.3. The largest absolute Gasteiger partial charge is 0.303 e. The van der Waals surface area contributed by atoms with Crippen LogP contribution >= 0.6 is 24.0 Å². The number of imidazole rings is 1. The molecule has 2 aromatic heterocycles. The third-order valence-electron chi connectivity index (χ3n) is 2.71. The smallest absolute Gasteiger partial charge is 0.137 e. The number of nitrogens with zero attached hydrogens (tertiary/aromatic N) is 2. The van der Waals surface area contributed by atoms with Gasteiger partial charge in [0, 0.05) is 11.9 Å². The summed E-state index contributed by atoms with van der Waals surface area (Å²) in [5.74, 6) is 1.24. The van der Waals surface area contributed by atoms with Crippen molar-refractivity contribution >= 4 is 29.7 Å². The lowest BCUT2D eigenvalue weighted by Crippen LogP contribution is -1.92. The van der Waals surface area contributed by atoms with E-state index in [2.05, 4.69) is 27.7 Å². The van der Waals surface area contributed by atoms with Gasteiger partial charge in [-0.05, 0) is 30.9 Å². The van der Waals surface area contributed by atoms with Crippen molar-refractivity contribution in [1.82, 2.24) is 9.38 Å². The van der Waals surface area contributed by atoms with Crippen LogP contribution in [0.5, 0.6) is 0 Å². The highest BCUT2D eigenvalue weighted by atomic mass is 35.5. The average Bonchev–Trinajstić information content (AvgIpc) is 2.96. The van der Waals surface area contributed by atoms with Crippen LogP contribution < -0.4 is 0 Å². The number of aromatic nitrogens is 2. The van der Waals surface area contributed by atoms with Crippen LogP contribution in [0.25, 0.3) is 5.65 Å². The molecule has 1 fully saturated rings. The number of hydrogen-bond donors (Lipinski definition) is 0. The SMILES string of the molecule is Cl.ClCc1cn2c(C3CC3)cccc2n1. The van der Waals surface area contributed by atoms with Gasteiger partial charge in [-0.25, -0.2) is 4.98 Å². The van der Waals surface area contributed by atoms with Crippen molar-refractivity contribution in [3.05, 3.63) is 35.8 Å². The van der Waals surface area contributed by atoms with E-state index in [9.17, 15) is 0 Å². The third-order valence-corrected chi connectivity index (χ3v) is 2.98. The van der Waals surface area contributed by atoms with Crippen LogP contribution in [-0.4, -0.2) is 9.38 Å². The molecule has 4 heteroatoms. The Morgan fingerprint density at radius 3 is 2.87 bits per heavy atom. The lowest BCUT2D eigenvalue weighted by atomic mass is 10.2. The molecule has 3 rings (SSSR count). The Balaban J connectivity index is 0.000000853. The molecule has 0 aromatic carbocycles. The molecule has 2 heterocycles. The van der Waals surface area contributed by atoms with Gasteiger partial charge in [-0.3, -0.25) is 0 Å². The van der Waals surface area contributed by atoms with Gasteiger partial charge in [-0.2, -0.15) is 0 Å². The predicted octanol–water partition coefficient (Wildman–Crippen LogP) is 3.37. The molecule has 1 saturated carbocycles. The lowest BCUT2D eigenvalue weighted by molar-refractivity contribution is 0.967. The minimum Gasteiger partial charge on any atom is -0.303 e. The summed E-state index contributed by atoms with van der Waals surface area (Å²) in [4.78, 5) is 4.43. The van der Waals surface area contributed by atoms with Gasteiger partial charge >= 0.3 is 0 Å². The van der Waals surface area contributed by atoms with Crippen molar-refractivity contribution in [2.24, 2.45) is 0 Å². The third kappa shape index (κ3) is 1.84. The Kier molecular flexibility index (Phi) is 2.89. The second kappa shape index (κ2) is 4.03. The predicted molar refractivity (Wildman–Crippen MR) is 64.0 cm³/mol. The molecule has 0 unspecified atom stereocenters. The average molecular weight is 243 g/mol. The van der Waals surface area contributed by atoms with E-state index < -0.39 is 0 Å². The summed E-state index contributed by atoms with van der Waals surface area (Å²) >= 11 is 5.77. The Labute approximate surface area is 99.7 Å². The molecule has 0 bridgehead atoms. The highest BCUT2D eigenvalue weighted by Crippen LogP contribution is 2.40. The van der Waals surface area contributed by atoms with E-state index in [1.54, 1.807) is 0 Å². The van der Waals surface area contributed by atoms with Gasteiger partial charge in [0.05, 0.1) is 11.6 Å². The standard InChI is InChI=1S/C11H11ClN2.ClH/c12-6-9-7-14-10(8-4-5-8)2-1-3-11(14)13-9;/h1-3,7-8H,4-6H2;1H. The molecule has 0 N–H and O–H groups in total. The quantitative estimate of drug-likeness (QED) is 0.739. The lowest BCUT2D eigenvalue weighted by Gasteiger charge is -2.01. The van der Waals surface area contributed by atoms with Crippen LogP contribution in [0.3, 0.4) is 0 Å². The number of pyridine rings is 1. The van der Waals surface area contributed by atoms with Gasteiger partial charge in [-0.15, -0.1) is 24.0 Å². The molecule has 15 heavy (non-hydrogen) atoms. The molecular weight excluding hydrogens is 231 g/mol. The van der Waals surface area contributed by atoms with E-state index >= 15 is 0 Å². The number of alkyl halides is 1. The molecule has 2 nitrogen and oxygen atoms in total. The van der Waals surface area contributed by atoms with Crippen molar-refractivity contribution < 1.29 is 0 Å². The molecule has 0 radical (unpaired) electrons. The zero-order valence-corrected chi connectivity index (χ0v) is 9.76. The van der Waals surface area contributed by atoms with Gasteiger partial charge in [-0.1, -0.05) is 6.07 Å². The molecular formula is C11H12Cl2N2. The summed E-state index contributed by atoms with van der Waals surface area (Å²) in [6.07, 6.45) is 4.68. The van der Waals surface area contributed by atoms with Crippen molar-refractivity contribution in [2.45, 2.75) is 24.6 Å². The molecule has 0 aliphatic heterocycles. The van der Waals surface area contributed by atoms with E-state index in [1.165, 1.54) is 18.5 Å². The Morgan fingerprint density at radius 2 is 2.20 bits per heavy atom. The zero-order chi connectivity index (χ0) is 9.54. The van der Waals surface area contributed by atoms with Crippen LogP contribution in [0.4, 0.5) is 0 Å². The maximum Gasteiger partial charge on any atom is 0.137 e. The topological polar surface area (TPSA) is 17.3 Å². The fourth-order valence-corrected chi connectivity index (χ4v) is 1.99. The minimum absolute atomic E-state index is 0. The molecule has 80 valence electrons. The first-order valence-electron chi connectivity index (χ1n) is 4.91. The van der Waals surface area contributed by atoms with Crippen LogP contribution in [0.1, 0.15) is 30.1 Å². The Hall–Kier alpha value is -0.730. The Bertz CT molecular complexity index is 474. The summed E-state index contributed by atoms with van der Waals surface area (Å²) in [6, 6.07) is 6.29. The summed E-state index contributed by atoms with van der Waals surface area (Å²) in [7, 11) is 0. The second-order valence-corrected chi connectivity index (χ2v) is 4.09. The number of halogens is 2. The first-order valence-corrected chi connectivity index (χ1v) is 5.45. The van der Waals surface area contributed by atoms with Crippen molar-refractivity contribution in [1.29, 1.82) is 0 Å². The summed E-state index contributed by atoms with van der Waals surface area (Å²) in [5.41, 5.74) is 3.36. The molecule has 2 aromatic rings. The van der Waals surface area contributed by atoms with Gasteiger partial charge in [0.15, 0.2) is 0 Å². The van der Waals surface area contributed by atoms with Crippen molar-refractivity contribution in [3.8, 4) is 0 Å². The van der Waals surface area contributed by atoms with Gasteiger partial charge in [0.1, 0.15) is 5.65 Å². The molecule has 0 amide bonds. The first-order chi connectivity index (χ1) is 6.88. The summed E-state index contributed by atoms with van der Waals surface area (Å²) < 4.78 is 2.18. The highest BCUT2D eigenvalue weighted by molar-refractivity contribution is 6.16. The Morgan fingerprint density at radius 1 is 1.40 bits per heavy atom. The fraction of sp³-hybridized carbons (Fsp3) is 0.364. The van der Waals surface area contributed by atoms with Crippen LogP contribution in [0.2, 0.25) is 0 Å². The zero-order valence-electron chi connectivity index (χ0n) is 8.19. The number of fused-ring (bicyclic) bond motifs is 1. The summed E-state index contributed by atoms with van der Waals surface area (Å²) in [5, 5.41) is 0. The first kappa shape index (κ1) is 10.8. The molecule has 0 atom stereocenters. The van der Waals surface area contributed by atoms with Crippen LogP contribution in [0, 0.1) is 0 Å². The molecule has 1 aliphatic rings. The van der Waals surface area contributed by atoms with Crippen LogP contribution in [-0.2, 0) is 5.88 Å². The second-order valence-electron chi connectivity index (χ2n) is 3.82. The maximum absolute atomic E-state index is 5.77. The van der Waals surface area contributed by atoms with Crippen LogP contribution in [0.15, 0.2) is 24.4 Å². The van der Waals surface area contributed by atoms with Gasteiger partial charge < -0.3 is 4.40 Å². The highest BCUT2D eigenvalue weighted by Gasteiger charge is 2.25.